The van der Waals surface area contributed by atoms with Crippen LogP contribution in [0.5, 0.6) is 5.75 Å². The molecule has 0 saturated carbocycles. The molecule has 1 fully saturated rings. The van der Waals surface area contributed by atoms with Crippen molar-refractivity contribution in [2.45, 2.75) is 42.2 Å². The standard InChI is InChI=1S/C23H32N2O5S2/c1-17(2)30-19-10-12-20(13-11-19)32(28,29)23-16-31(26,27)15-21(23)24-14-22(25(3)4)18-8-6-5-7-9-18/h5-13,17,21-24H,14-16H2,1-4H3/t21-,22?,23-/m0/s1. The van der Waals surface area contributed by atoms with Crippen molar-refractivity contribution in [3.8, 4) is 5.75 Å². The van der Waals surface area contributed by atoms with Gasteiger partial charge in [0.15, 0.2) is 19.7 Å². The zero-order valence-corrected chi connectivity index (χ0v) is 20.6. The summed E-state index contributed by atoms with van der Waals surface area (Å²) in [6, 6.07) is 15.3. The van der Waals surface area contributed by atoms with Crippen LogP contribution in [-0.2, 0) is 19.7 Å². The zero-order valence-electron chi connectivity index (χ0n) is 18.9. The average Bonchev–Trinajstić information content (AvgIpc) is 3.04. The molecule has 32 heavy (non-hydrogen) atoms. The smallest absolute Gasteiger partial charge is 0.183 e. The number of likely N-dealkylation sites (N-methyl/N-ethyl adjacent to an activating group) is 1. The van der Waals surface area contributed by atoms with E-state index in [1.807, 2.05) is 63.2 Å². The van der Waals surface area contributed by atoms with Crippen LogP contribution in [0.2, 0.25) is 0 Å². The Morgan fingerprint density at radius 2 is 1.66 bits per heavy atom. The van der Waals surface area contributed by atoms with E-state index in [1.165, 1.54) is 12.1 Å². The van der Waals surface area contributed by atoms with Gasteiger partial charge in [-0.1, -0.05) is 30.3 Å². The molecule has 0 radical (unpaired) electrons. The van der Waals surface area contributed by atoms with Crippen LogP contribution in [-0.4, -0.2) is 71.3 Å². The Morgan fingerprint density at radius 1 is 1.03 bits per heavy atom. The average molecular weight is 481 g/mol. The Hall–Kier alpha value is -1.94. The Labute approximate surface area is 191 Å². The van der Waals surface area contributed by atoms with E-state index in [1.54, 1.807) is 12.1 Å². The minimum Gasteiger partial charge on any atom is -0.491 e. The number of hydrogen-bond donors (Lipinski definition) is 1. The van der Waals surface area contributed by atoms with Gasteiger partial charge in [0.2, 0.25) is 0 Å². The van der Waals surface area contributed by atoms with Gasteiger partial charge in [0.25, 0.3) is 0 Å². The molecule has 7 nitrogen and oxygen atoms in total. The largest absolute Gasteiger partial charge is 0.491 e. The molecule has 2 aromatic rings. The van der Waals surface area contributed by atoms with Gasteiger partial charge in [0.1, 0.15) is 5.75 Å². The van der Waals surface area contributed by atoms with Gasteiger partial charge in [-0.15, -0.1) is 0 Å². The topological polar surface area (TPSA) is 92.8 Å². The molecule has 1 heterocycles. The van der Waals surface area contributed by atoms with Crippen molar-refractivity contribution < 1.29 is 21.6 Å². The molecule has 3 atom stereocenters. The number of sulfone groups is 2. The van der Waals surface area contributed by atoms with E-state index in [-0.39, 0.29) is 28.5 Å². The molecule has 0 aliphatic carbocycles. The molecular weight excluding hydrogens is 448 g/mol. The first-order valence-electron chi connectivity index (χ1n) is 10.7. The van der Waals surface area contributed by atoms with Crippen LogP contribution < -0.4 is 10.1 Å². The minimum atomic E-state index is -3.85. The van der Waals surface area contributed by atoms with Gasteiger partial charge in [-0.25, -0.2) is 16.8 Å². The van der Waals surface area contributed by atoms with Gasteiger partial charge >= 0.3 is 0 Å². The second-order valence-corrected chi connectivity index (χ2v) is 13.0. The molecule has 3 rings (SSSR count). The fourth-order valence-electron chi connectivity index (χ4n) is 4.00. The van der Waals surface area contributed by atoms with Crippen molar-refractivity contribution in [1.82, 2.24) is 10.2 Å². The van der Waals surface area contributed by atoms with Gasteiger partial charge in [-0.05, 0) is 57.8 Å². The monoisotopic (exact) mass is 480 g/mol. The quantitative estimate of drug-likeness (QED) is 0.589. The summed E-state index contributed by atoms with van der Waals surface area (Å²) >= 11 is 0. The summed E-state index contributed by atoms with van der Waals surface area (Å²) in [5, 5.41) is 2.22. The molecule has 176 valence electrons. The molecule has 1 aliphatic rings. The Balaban J connectivity index is 1.81. The van der Waals surface area contributed by atoms with E-state index in [2.05, 4.69) is 5.32 Å². The van der Waals surface area contributed by atoms with Crippen molar-refractivity contribution in [2.24, 2.45) is 0 Å². The number of nitrogens with one attached hydrogen (secondary N) is 1. The Kier molecular flexibility index (Phi) is 7.65. The van der Waals surface area contributed by atoms with E-state index in [0.717, 1.165) is 5.56 Å². The normalized spacial score (nSPS) is 21.7. The third-order valence-corrected chi connectivity index (χ3v) is 9.77. The molecule has 1 saturated heterocycles. The summed E-state index contributed by atoms with van der Waals surface area (Å²) in [7, 11) is -3.43. The highest BCUT2D eigenvalue weighted by Gasteiger charge is 2.45. The highest BCUT2D eigenvalue weighted by Crippen LogP contribution is 2.28. The van der Waals surface area contributed by atoms with Crippen molar-refractivity contribution in [2.75, 3.05) is 32.1 Å². The number of benzene rings is 2. The van der Waals surface area contributed by atoms with E-state index >= 15 is 0 Å². The lowest BCUT2D eigenvalue weighted by molar-refractivity contribution is 0.242. The molecule has 0 bridgehead atoms. The fourth-order valence-corrected chi connectivity index (χ4v) is 8.72. The number of hydrogen-bond acceptors (Lipinski definition) is 7. The van der Waals surface area contributed by atoms with Crippen LogP contribution in [0.25, 0.3) is 0 Å². The van der Waals surface area contributed by atoms with Crippen LogP contribution >= 0.6 is 0 Å². The van der Waals surface area contributed by atoms with Crippen LogP contribution in [0.4, 0.5) is 0 Å². The fraction of sp³-hybridized carbons (Fsp3) is 0.478. The minimum absolute atomic E-state index is 0.0182. The number of ether oxygens (including phenoxy) is 1. The second-order valence-electron chi connectivity index (χ2n) is 8.70. The summed E-state index contributed by atoms with van der Waals surface area (Å²) in [6.07, 6.45) is -0.0275. The molecule has 1 aliphatic heterocycles. The number of rotatable bonds is 9. The van der Waals surface area contributed by atoms with Crippen LogP contribution in [0.1, 0.15) is 25.5 Å². The Bertz CT molecular complexity index is 1100. The third kappa shape index (κ3) is 5.89. The van der Waals surface area contributed by atoms with Gasteiger partial charge < -0.3 is 15.0 Å². The van der Waals surface area contributed by atoms with Gasteiger partial charge in [0.05, 0.1) is 27.8 Å². The molecule has 1 N–H and O–H groups in total. The summed E-state index contributed by atoms with van der Waals surface area (Å²) in [5.41, 5.74) is 1.08. The van der Waals surface area contributed by atoms with Crippen molar-refractivity contribution in [1.29, 1.82) is 0 Å². The molecular formula is C23H32N2O5S2. The molecule has 9 heteroatoms. The van der Waals surface area contributed by atoms with Crippen molar-refractivity contribution >= 4 is 19.7 Å². The van der Waals surface area contributed by atoms with E-state index in [0.29, 0.717) is 12.3 Å². The maximum Gasteiger partial charge on any atom is 0.183 e. The highest BCUT2D eigenvalue weighted by atomic mass is 32.2. The van der Waals surface area contributed by atoms with Crippen molar-refractivity contribution in [3.05, 3.63) is 60.2 Å². The SMILES string of the molecule is CC(C)Oc1ccc(S(=O)(=O)[C@H]2CS(=O)(=O)C[C@@H]2NCC(c2ccccc2)N(C)C)cc1. The first-order valence-corrected chi connectivity index (χ1v) is 14.0. The van der Waals surface area contributed by atoms with E-state index in [4.69, 9.17) is 4.74 Å². The maximum absolute atomic E-state index is 13.4. The van der Waals surface area contributed by atoms with E-state index in [9.17, 15) is 16.8 Å². The summed E-state index contributed by atoms with van der Waals surface area (Å²) < 4.78 is 57.1. The highest BCUT2D eigenvalue weighted by molar-refractivity contribution is 7.96. The molecule has 2 aromatic carbocycles. The summed E-state index contributed by atoms with van der Waals surface area (Å²) in [6.45, 7) is 4.21. The first kappa shape index (κ1) is 24.7. The predicted molar refractivity (Wildman–Crippen MR) is 126 cm³/mol. The maximum atomic E-state index is 13.4. The lowest BCUT2D eigenvalue weighted by Gasteiger charge is -2.28. The third-order valence-electron chi connectivity index (χ3n) is 5.60. The van der Waals surface area contributed by atoms with Gasteiger partial charge in [-0.3, -0.25) is 0 Å². The van der Waals surface area contributed by atoms with E-state index < -0.39 is 31.0 Å². The van der Waals surface area contributed by atoms with Crippen molar-refractivity contribution in [3.63, 3.8) is 0 Å². The molecule has 0 aromatic heterocycles. The van der Waals surface area contributed by atoms with Crippen LogP contribution in [0, 0.1) is 0 Å². The summed E-state index contributed by atoms with van der Waals surface area (Å²) in [4.78, 5) is 2.14. The van der Waals surface area contributed by atoms with Gasteiger partial charge in [0, 0.05) is 18.6 Å². The Morgan fingerprint density at radius 3 is 2.22 bits per heavy atom. The lowest BCUT2D eigenvalue weighted by Crippen LogP contribution is -2.46. The number of nitrogens with zero attached hydrogens (tertiary/aromatic N) is 1. The van der Waals surface area contributed by atoms with Crippen LogP contribution in [0.15, 0.2) is 59.5 Å². The second kappa shape index (κ2) is 9.91. The molecule has 0 spiro atoms. The predicted octanol–water partition coefficient (Wildman–Crippen LogP) is 2.31. The molecule has 1 unspecified atom stereocenters. The molecule has 0 amide bonds. The first-order chi connectivity index (χ1) is 15.0. The lowest BCUT2D eigenvalue weighted by atomic mass is 10.1. The summed E-state index contributed by atoms with van der Waals surface area (Å²) in [5.74, 6) is -0.000341. The van der Waals surface area contributed by atoms with Gasteiger partial charge in [-0.2, -0.15) is 0 Å². The van der Waals surface area contributed by atoms with Crippen LogP contribution in [0.3, 0.4) is 0 Å². The zero-order chi connectivity index (χ0) is 23.5.